The smallest absolute Gasteiger partial charge is 0.143 e. The van der Waals surface area contributed by atoms with E-state index in [1.165, 1.54) is 44.1 Å². The molecule has 8 aromatic rings. The molecule has 0 saturated heterocycles. The Kier molecular flexibility index (Phi) is 6.50. The van der Waals surface area contributed by atoms with Gasteiger partial charge in [-0.15, -0.1) is 0 Å². The van der Waals surface area contributed by atoms with E-state index < -0.39 is 0 Å². The van der Waals surface area contributed by atoms with Crippen LogP contribution in [0.5, 0.6) is 0 Å². The summed E-state index contributed by atoms with van der Waals surface area (Å²) in [5, 5.41) is 5.84. The molecule has 0 aliphatic heterocycles. The highest BCUT2D eigenvalue weighted by atomic mass is 16.3. The number of pyridine rings is 1. The average molecular weight is 667 g/mol. The highest BCUT2D eigenvalue weighted by Crippen LogP contribution is 2.46. The predicted octanol–water partition coefficient (Wildman–Crippen LogP) is 11.1. The molecule has 3 nitrogen and oxygen atoms in total. The molecule has 3 aliphatic carbocycles. The molecule has 2 unspecified atom stereocenters. The van der Waals surface area contributed by atoms with Crippen molar-refractivity contribution in [2.75, 3.05) is 0 Å². The van der Waals surface area contributed by atoms with Crippen LogP contribution >= 0.6 is 0 Å². The fraction of sp³-hybridized carbons (Fsp3) is 0.0816. The molecule has 52 heavy (non-hydrogen) atoms. The van der Waals surface area contributed by atoms with E-state index >= 15 is 0 Å². The summed E-state index contributed by atoms with van der Waals surface area (Å²) in [6.45, 7) is 0. The van der Waals surface area contributed by atoms with Gasteiger partial charge < -0.3 is 4.42 Å². The first-order valence-electron chi connectivity index (χ1n) is 18.3. The molecule has 0 bridgehead atoms. The van der Waals surface area contributed by atoms with Gasteiger partial charge in [0.1, 0.15) is 17.0 Å². The first-order valence-corrected chi connectivity index (χ1v) is 18.3. The maximum Gasteiger partial charge on any atom is 0.143 e. The van der Waals surface area contributed by atoms with Gasteiger partial charge in [0.25, 0.3) is 0 Å². The Bertz CT molecular complexity index is 2950. The van der Waals surface area contributed by atoms with Crippen LogP contribution in [0.3, 0.4) is 0 Å². The summed E-state index contributed by atoms with van der Waals surface area (Å²) >= 11 is 0. The third-order valence-electron chi connectivity index (χ3n) is 11.2. The number of aromatic nitrogens is 2. The molecule has 3 heteroatoms. The molecule has 246 valence electrons. The van der Waals surface area contributed by atoms with Crippen molar-refractivity contribution in [2.45, 2.75) is 18.8 Å². The van der Waals surface area contributed by atoms with Gasteiger partial charge in [-0.2, -0.15) is 0 Å². The van der Waals surface area contributed by atoms with Crippen LogP contribution in [0.25, 0.3) is 90.3 Å². The molecule has 0 fully saturated rings. The number of rotatable bonds is 4. The molecule has 0 radical (unpaired) electrons. The molecule has 2 atom stereocenters. The summed E-state index contributed by atoms with van der Waals surface area (Å²) in [6.07, 6.45) is 20.5. The van der Waals surface area contributed by atoms with E-state index in [1.807, 2.05) is 6.07 Å². The van der Waals surface area contributed by atoms with Gasteiger partial charge in [-0.25, -0.2) is 4.98 Å². The zero-order chi connectivity index (χ0) is 34.2. The summed E-state index contributed by atoms with van der Waals surface area (Å²) in [5.41, 5.74) is 12.7. The first kappa shape index (κ1) is 29.3. The minimum absolute atomic E-state index is 0.244. The van der Waals surface area contributed by atoms with Gasteiger partial charge in [-0.1, -0.05) is 140 Å². The van der Waals surface area contributed by atoms with Crippen LogP contribution in [0.1, 0.15) is 30.0 Å². The number of furan rings is 1. The van der Waals surface area contributed by atoms with Gasteiger partial charge in [0.2, 0.25) is 0 Å². The Balaban J connectivity index is 1.14. The molecule has 5 aromatic carbocycles. The number of fused-ring (bicyclic) bond motifs is 9. The van der Waals surface area contributed by atoms with E-state index in [2.05, 4.69) is 168 Å². The minimum atomic E-state index is 0.244. The van der Waals surface area contributed by atoms with Crippen molar-refractivity contribution in [3.05, 3.63) is 174 Å². The summed E-state index contributed by atoms with van der Waals surface area (Å²) in [5.74, 6) is 1.51. The van der Waals surface area contributed by atoms with Crippen LogP contribution < -0.4 is 10.6 Å². The second-order valence-electron chi connectivity index (χ2n) is 14.1. The van der Waals surface area contributed by atoms with Crippen LogP contribution in [0, 0.1) is 5.92 Å². The van der Waals surface area contributed by atoms with Gasteiger partial charge >= 0.3 is 0 Å². The van der Waals surface area contributed by atoms with Crippen molar-refractivity contribution in [2.24, 2.45) is 5.92 Å². The Morgan fingerprint density at radius 1 is 0.596 bits per heavy atom. The zero-order valence-corrected chi connectivity index (χ0v) is 28.5. The van der Waals surface area contributed by atoms with Crippen LogP contribution in [-0.4, -0.2) is 9.55 Å². The van der Waals surface area contributed by atoms with Gasteiger partial charge in [0.05, 0.1) is 16.6 Å². The van der Waals surface area contributed by atoms with E-state index in [1.54, 1.807) is 0 Å². The number of para-hydroxylation sites is 2. The summed E-state index contributed by atoms with van der Waals surface area (Å²) in [7, 11) is 0. The quantitative estimate of drug-likeness (QED) is 0.187. The second-order valence-corrected chi connectivity index (χ2v) is 14.1. The number of allylic oxidation sites excluding steroid dienone is 5. The molecular formula is C49H34N2O. The van der Waals surface area contributed by atoms with Crippen molar-refractivity contribution >= 4 is 51.1 Å². The van der Waals surface area contributed by atoms with E-state index in [9.17, 15) is 0 Å². The number of hydrogen-bond acceptors (Lipinski definition) is 2. The number of nitrogens with zero attached hydrogens (tertiary/aromatic N) is 2. The van der Waals surface area contributed by atoms with E-state index in [-0.39, 0.29) is 5.92 Å². The lowest BCUT2D eigenvalue weighted by molar-refractivity contribution is 0.670. The second kappa shape index (κ2) is 11.5. The molecule has 0 amide bonds. The Morgan fingerprint density at radius 2 is 1.37 bits per heavy atom. The Morgan fingerprint density at radius 3 is 2.29 bits per heavy atom. The normalized spacial score (nSPS) is 17.2. The highest BCUT2D eigenvalue weighted by Gasteiger charge is 2.31. The molecule has 3 aromatic heterocycles. The van der Waals surface area contributed by atoms with Crippen molar-refractivity contribution in [1.29, 1.82) is 0 Å². The molecule has 0 N–H and O–H groups in total. The van der Waals surface area contributed by atoms with Crippen LogP contribution in [-0.2, 0) is 0 Å². The molecule has 0 saturated carbocycles. The monoisotopic (exact) mass is 666 g/mol. The molecule has 11 rings (SSSR count). The standard InChI is InChI=1S/C49H34N2O/c1-2-11-31(12-3-1)32-21-23-34(24-22-32)41-30-47(50-43-19-8-6-15-38(41)43)51-44-27-26-35(29-42(44)48-36-14-5-4-13-33(36)25-28-45(48)51)37-17-10-18-40-39-16-7-9-20-46(39)52-49(37)40/h1-5,7,9-30,33,36H,6,8H2. The first-order chi connectivity index (χ1) is 25.8. The van der Waals surface area contributed by atoms with E-state index in [0.29, 0.717) is 5.92 Å². The lowest BCUT2D eigenvalue weighted by Gasteiger charge is -2.26. The van der Waals surface area contributed by atoms with Crippen molar-refractivity contribution in [3.63, 3.8) is 0 Å². The van der Waals surface area contributed by atoms with Gasteiger partial charge in [-0.3, -0.25) is 4.57 Å². The largest absolute Gasteiger partial charge is 0.455 e. The lowest BCUT2D eigenvalue weighted by Crippen LogP contribution is -2.33. The third kappa shape index (κ3) is 4.49. The topological polar surface area (TPSA) is 31.0 Å². The maximum absolute atomic E-state index is 6.51. The predicted molar refractivity (Wildman–Crippen MR) is 216 cm³/mol. The molecule has 3 heterocycles. The fourth-order valence-corrected chi connectivity index (χ4v) is 8.74. The third-order valence-corrected chi connectivity index (χ3v) is 11.2. The van der Waals surface area contributed by atoms with E-state index in [0.717, 1.165) is 62.6 Å². The summed E-state index contributed by atoms with van der Waals surface area (Å²) in [6, 6.07) is 43.7. The zero-order valence-electron chi connectivity index (χ0n) is 28.5. The minimum Gasteiger partial charge on any atom is -0.455 e. The SMILES string of the molecule is C1=CC2C=Cc3c(c4cc(-c5cccc6c5oc5ccccc56)ccc4n3-c3cc(-c4ccc(-c5ccccc5)cc4)c4c(n3)=CCCC=4)C2C=C1. The summed E-state index contributed by atoms with van der Waals surface area (Å²) < 4.78 is 8.91. The maximum atomic E-state index is 6.51. The van der Waals surface area contributed by atoms with Crippen molar-refractivity contribution in [1.82, 2.24) is 9.55 Å². The van der Waals surface area contributed by atoms with Crippen molar-refractivity contribution < 1.29 is 4.42 Å². The Hall–Kier alpha value is -6.45. The average Bonchev–Trinajstić information content (AvgIpc) is 3.77. The fourth-order valence-electron chi connectivity index (χ4n) is 8.74. The van der Waals surface area contributed by atoms with Gasteiger partial charge in [-0.05, 0) is 76.6 Å². The van der Waals surface area contributed by atoms with E-state index in [4.69, 9.17) is 9.40 Å². The van der Waals surface area contributed by atoms with Gasteiger partial charge in [0, 0.05) is 38.8 Å². The Labute approximate surface area is 301 Å². The van der Waals surface area contributed by atoms with Crippen LogP contribution in [0.2, 0.25) is 0 Å². The molecule has 0 spiro atoms. The number of hydrogen-bond donors (Lipinski definition) is 0. The molecular weight excluding hydrogens is 633 g/mol. The summed E-state index contributed by atoms with van der Waals surface area (Å²) in [4.78, 5) is 5.41. The van der Waals surface area contributed by atoms with Crippen LogP contribution in [0.15, 0.2) is 156 Å². The number of benzene rings is 5. The van der Waals surface area contributed by atoms with Crippen molar-refractivity contribution in [3.8, 4) is 39.2 Å². The molecule has 3 aliphatic rings. The highest BCUT2D eigenvalue weighted by molar-refractivity contribution is 6.10. The van der Waals surface area contributed by atoms with Crippen LogP contribution in [0.4, 0.5) is 0 Å². The lowest BCUT2D eigenvalue weighted by atomic mass is 9.78. The van der Waals surface area contributed by atoms with Gasteiger partial charge in [0.15, 0.2) is 0 Å².